The van der Waals surface area contributed by atoms with Gasteiger partial charge in [-0.15, -0.1) is 0 Å². The molecule has 0 aliphatic rings. The SMILES string of the molecule is CCCNCc1ccncc1N(CCOC)C(C)C. The normalized spacial score (nSPS) is 11.0. The van der Waals surface area contributed by atoms with Crippen LogP contribution in [-0.2, 0) is 11.3 Å². The van der Waals surface area contributed by atoms with Crippen molar-refractivity contribution < 1.29 is 4.74 Å². The summed E-state index contributed by atoms with van der Waals surface area (Å²) in [4.78, 5) is 6.62. The minimum absolute atomic E-state index is 0.435. The van der Waals surface area contributed by atoms with Crippen LogP contribution in [-0.4, -0.2) is 37.8 Å². The molecule has 4 heteroatoms. The summed E-state index contributed by atoms with van der Waals surface area (Å²) in [6, 6.07) is 2.53. The summed E-state index contributed by atoms with van der Waals surface area (Å²) in [5.74, 6) is 0. The van der Waals surface area contributed by atoms with Crippen molar-refractivity contribution in [3.63, 3.8) is 0 Å². The standard InChI is InChI=1S/C15H27N3O/c1-5-7-16-11-14-6-8-17-12-15(14)18(13(2)3)9-10-19-4/h6,8,12-13,16H,5,7,9-11H2,1-4H3. The number of nitrogens with zero attached hydrogens (tertiary/aromatic N) is 2. The van der Waals surface area contributed by atoms with Gasteiger partial charge in [0.05, 0.1) is 18.5 Å². The van der Waals surface area contributed by atoms with Gasteiger partial charge in [0.1, 0.15) is 0 Å². The van der Waals surface area contributed by atoms with E-state index in [1.807, 2.05) is 12.4 Å². The Balaban J connectivity index is 2.82. The van der Waals surface area contributed by atoms with E-state index in [-0.39, 0.29) is 0 Å². The fourth-order valence-electron chi connectivity index (χ4n) is 2.07. The van der Waals surface area contributed by atoms with E-state index >= 15 is 0 Å². The van der Waals surface area contributed by atoms with Crippen LogP contribution in [0, 0.1) is 0 Å². The predicted octanol–water partition coefficient (Wildman–Crippen LogP) is 2.44. The maximum atomic E-state index is 5.20. The van der Waals surface area contributed by atoms with Gasteiger partial charge in [-0.3, -0.25) is 4.98 Å². The molecule has 0 saturated carbocycles. The number of ether oxygens (including phenoxy) is 1. The number of aromatic nitrogens is 1. The lowest BCUT2D eigenvalue weighted by molar-refractivity contribution is 0.203. The first-order valence-electron chi connectivity index (χ1n) is 7.09. The van der Waals surface area contributed by atoms with Gasteiger partial charge in [0.2, 0.25) is 0 Å². The Hall–Kier alpha value is -1.13. The van der Waals surface area contributed by atoms with E-state index in [1.165, 1.54) is 11.3 Å². The van der Waals surface area contributed by atoms with Crippen LogP contribution in [0.1, 0.15) is 32.8 Å². The van der Waals surface area contributed by atoms with Gasteiger partial charge in [-0.05, 0) is 38.4 Å². The van der Waals surface area contributed by atoms with E-state index in [2.05, 4.69) is 42.0 Å². The Bertz CT molecular complexity index is 355. The van der Waals surface area contributed by atoms with Crippen LogP contribution >= 0.6 is 0 Å². The highest BCUT2D eigenvalue weighted by Crippen LogP contribution is 2.21. The third kappa shape index (κ3) is 5.17. The molecule has 1 N–H and O–H groups in total. The molecule has 0 aliphatic carbocycles. The van der Waals surface area contributed by atoms with Crippen molar-refractivity contribution in [3.8, 4) is 0 Å². The van der Waals surface area contributed by atoms with E-state index in [0.29, 0.717) is 6.04 Å². The molecular formula is C15H27N3O. The third-order valence-corrected chi connectivity index (χ3v) is 3.10. The first-order chi connectivity index (χ1) is 9.20. The Kier molecular flexibility index (Phi) is 7.45. The minimum atomic E-state index is 0.435. The van der Waals surface area contributed by atoms with Crippen LogP contribution in [0.15, 0.2) is 18.5 Å². The van der Waals surface area contributed by atoms with Crippen LogP contribution in [0.5, 0.6) is 0 Å². The van der Waals surface area contributed by atoms with Gasteiger partial charge < -0.3 is 15.0 Å². The van der Waals surface area contributed by atoms with E-state index < -0.39 is 0 Å². The largest absolute Gasteiger partial charge is 0.383 e. The summed E-state index contributed by atoms with van der Waals surface area (Å²) < 4.78 is 5.20. The van der Waals surface area contributed by atoms with Crippen molar-refractivity contribution in [3.05, 3.63) is 24.0 Å². The predicted molar refractivity (Wildman–Crippen MR) is 80.6 cm³/mol. The summed E-state index contributed by atoms with van der Waals surface area (Å²) >= 11 is 0. The van der Waals surface area contributed by atoms with Gasteiger partial charge in [0.25, 0.3) is 0 Å². The van der Waals surface area contributed by atoms with Gasteiger partial charge >= 0.3 is 0 Å². The van der Waals surface area contributed by atoms with Crippen molar-refractivity contribution in [2.75, 3.05) is 31.7 Å². The van der Waals surface area contributed by atoms with E-state index in [0.717, 1.165) is 32.7 Å². The second-order valence-electron chi connectivity index (χ2n) is 4.96. The second-order valence-corrected chi connectivity index (χ2v) is 4.96. The molecule has 0 spiro atoms. The third-order valence-electron chi connectivity index (χ3n) is 3.10. The first kappa shape index (κ1) is 15.9. The number of pyridine rings is 1. The fraction of sp³-hybridized carbons (Fsp3) is 0.667. The maximum absolute atomic E-state index is 5.20. The highest BCUT2D eigenvalue weighted by Gasteiger charge is 2.14. The zero-order chi connectivity index (χ0) is 14.1. The van der Waals surface area contributed by atoms with Crippen LogP contribution in [0.2, 0.25) is 0 Å². The number of nitrogens with one attached hydrogen (secondary N) is 1. The molecule has 0 amide bonds. The van der Waals surface area contributed by atoms with Crippen molar-refractivity contribution in [2.45, 2.75) is 39.8 Å². The molecule has 19 heavy (non-hydrogen) atoms. The molecule has 108 valence electrons. The molecule has 1 rings (SSSR count). The van der Waals surface area contributed by atoms with Gasteiger partial charge in [0.15, 0.2) is 0 Å². The zero-order valence-electron chi connectivity index (χ0n) is 12.6. The highest BCUT2D eigenvalue weighted by atomic mass is 16.5. The van der Waals surface area contributed by atoms with Gasteiger partial charge in [0, 0.05) is 32.4 Å². The lowest BCUT2D eigenvalue weighted by atomic mass is 10.1. The first-order valence-corrected chi connectivity index (χ1v) is 7.09. The number of rotatable bonds is 9. The van der Waals surface area contributed by atoms with Crippen LogP contribution in [0.25, 0.3) is 0 Å². The van der Waals surface area contributed by atoms with Gasteiger partial charge in [-0.2, -0.15) is 0 Å². The molecule has 0 radical (unpaired) electrons. The lowest BCUT2D eigenvalue weighted by Crippen LogP contribution is -2.35. The summed E-state index contributed by atoms with van der Waals surface area (Å²) in [5.41, 5.74) is 2.51. The smallest absolute Gasteiger partial charge is 0.0637 e. The van der Waals surface area contributed by atoms with E-state index in [9.17, 15) is 0 Å². The molecule has 0 fully saturated rings. The molecule has 0 unspecified atom stereocenters. The molecule has 0 aliphatic heterocycles. The molecule has 0 saturated heterocycles. The Morgan fingerprint density at radius 1 is 1.42 bits per heavy atom. The lowest BCUT2D eigenvalue weighted by Gasteiger charge is -2.30. The van der Waals surface area contributed by atoms with Crippen molar-refractivity contribution >= 4 is 5.69 Å². The average Bonchev–Trinajstić information content (AvgIpc) is 2.40. The molecule has 1 aromatic heterocycles. The topological polar surface area (TPSA) is 37.4 Å². The Morgan fingerprint density at radius 3 is 2.84 bits per heavy atom. The van der Waals surface area contributed by atoms with Gasteiger partial charge in [-0.1, -0.05) is 6.92 Å². The zero-order valence-corrected chi connectivity index (χ0v) is 12.6. The molecule has 0 aromatic carbocycles. The second kappa shape index (κ2) is 8.88. The Morgan fingerprint density at radius 2 is 2.21 bits per heavy atom. The molecule has 1 heterocycles. The summed E-state index contributed by atoms with van der Waals surface area (Å²) in [7, 11) is 1.74. The molecular weight excluding hydrogens is 238 g/mol. The molecule has 1 aromatic rings. The van der Waals surface area contributed by atoms with E-state index in [1.54, 1.807) is 7.11 Å². The summed E-state index contributed by atoms with van der Waals surface area (Å²) in [6.45, 7) is 10.1. The maximum Gasteiger partial charge on any atom is 0.0637 e. The molecule has 0 bridgehead atoms. The number of anilines is 1. The number of hydrogen-bond donors (Lipinski definition) is 1. The monoisotopic (exact) mass is 265 g/mol. The van der Waals surface area contributed by atoms with Gasteiger partial charge in [-0.25, -0.2) is 0 Å². The molecule has 4 nitrogen and oxygen atoms in total. The van der Waals surface area contributed by atoms with Crippen molar-refractivity contribution in [2.24, 2.45) is 0 Å². The van der Waals surface area contributed by atoms with Crippen molar-refractivity contribution in [1.82, 2.24) is 10.3 Å². The number of methoxy groups -OCH3 is 1. The molecule has 0 atom stereocenters. The average molecular weight is 265 g/mol. The Labute approximate surface area is 117 Å². The minimum Gasteiger partial charge on any atom is -0.383 e. The fourth-order valence-corrected chi connectivity index (χ4v) is 2.07. The van der Waals surface area contributed by atoms with E-state index in [4.69, 9.17) is 4.74 Å². The highest BCUT2D eigenvalue weighted by molar-refractivity contribution is 5.52. The number of hydrogen-bond acceptors (Lipinski definition) is 4. The van der Waals surface area contributed by atoms with Crippen LogP contribution in [0.4, 0.5) is 5.69 Å². The summed E-state index contributed by atoms with van der Waals surface area (Å²) in [6.07, 6.45) is 4.97. The van der Waals surface area contributed by atoms with Crippen molar-refractivity contribution in [1.29, 1.82) is 0 Å². The quantitative estimate of drug-likeness (QED) is 0.696. The van der Waals surface area contributed by atoms with Crippen LogP contribution in [0.3, 0.4) is 0 Å². The van der Waals surface area contributed by atoms with Crippen LogP contribution < -0.4 is 10.2 Å². The summed E-state index contributed by atoms with van der Waals surface area (Å²) in [5, 5.41) is 3.46.